The van der Waals surface area contributed by atoms with Crippen LogP contribution < -0.4 is 14.8 Å². The minimum Gasteiger partial charge on any atom is -0.493 e. The Morgan fingerprint density at radius 2 is 1.77 bits per heavy atom. The molecule has 3 aromatic rings. The third-order valence-electron chi connectivity index (χ3n) is 5.21. The van der Waals surface area contributed by atoms with Gasteiger partial charge >= 0.3 is 0 Å². The molecule has 0 saturated carbocycles. The SMILES string of the molecule is COc1cc(C)c(CN(C)C(=O)C[NH2+][C@@H](c2ccccc2)c2ccco2)cc1OC. The van der Waals surface area contributed by atoms with Crippen LogP contribution in [0.2, 0.25) is 0 Å². The fraction of sp³-hybridized carbons (Fsp3) is 0.292. The monoisotopic (exact) mass is 409 g/mol. The van der Waals surface area contributed by atoms with E-state index in [0.29, 0.717) is 24.6 Å². The highest BCUT2D eigenvalue weighted by atomic mass is 16.5. The van der Waals surface area contributed by atoms with Crippen molar-refractivity contribution in [3.8, 4) is 11.5 Å². The molecule has 0 unspecified atom stereocenters. The van der Waals surface area contributed by atoms with Gasteiger partial charge in [-0.05, 0) is 42.3 Å². The largest absolute Gasteiger partial charge is 0.493 e. The summed E-state index contributed by atoms with van der Waals surface area (Å²) >= 11 is 0. The molecule has 6 nitrogen and oxygen atoms in total. The molecule has 0 aliphatic rings. The summed E-state index contributed by atoms with van der Waals surface area (Å²) in [5.41, 5.74) is 3.17. The number of carbonyl (C=O) groups is 1. The van der Waals surface area contributed by atoms with Crippen LogP contribution in [0.3, 0.4) is 0 Å². The van der Waals surface area contributed by atoms with E-state index in [-0.39, 0.29) is 11.9 Å². The minimum absolute atomic E-state index is 0.0386. The predicted molar refractivity (Wildman–Crippen MR) is 115 cm³/mol. The molecule has 158 valence electrons. The van der Waals surface area contributed by atoms with Gasteiger partial charge in [0.15, 0.2) is 29.8 Å². The third kappa shape index (κ3) is 5.02. The summed E-state index contributed by atoms with van der Waals surface area (Å²) < 4.78 is 16.4. The van der Waals surface area contributed by atoms with Gasteiger partial charge in [-0.2, -0.15) is 0 Å². The molecule has 30 heavy (non-hydrogen) atoms. The highest BCUT2D eigenvalue weighted by Crippen LogP contribution is 2.30. The van der Waals surface area contributed by atoms with Crippen molar-refractivity contribution >= 4 is 5.91 Å². The minimum atomic E-state index is -0.0682. The molecule has 1 amide bonds. The quantitative estimate of drug-likeness (QED) is 0.590. The molecule has 1 aromatic heterocycles. The van der Waals surface area contributed by atoms with Crippen molar-refractivity contribution in [2.24, 2.45) is 0 Å². The van der Waals surface area contributed by atoms with Crippen molar-refractivity contribution < 1.29 is 24.0 Å². The Bertz CT molecular complexity index is 955. The maximum Gasteiger partial charge on any atom is 0.277 e. The first-order chi connectivity index (χ1) is 14.5. The summed E-state index contributed by atoms with van der Waals surface area (Å²) in [5.74, 6) is 2.21. The molecule has 2 aromatic carbocycles. The van der Waals surface area contributed by atoms with Crippen LogP contribution in [0, 0.1) is 6.92 Å². The Morgan fingerprint density at radius 1 is 1.07 bits per heavy atom. The number of furan rings is 1. The molecule has 1 atom stereocenters. The molecule has 0 fully saturated rings. The molecular weight excluding hydrogens is 380 g/mol. The number of benzene rings is 2. The number of likely N-dealkylation sites (N-methyl/N-ethyl adjacent to an activating group) is 1. The lowest BCUT2D eigenvalue weighted by molar-refractivity contribution is -0.679. The van der Waals surface area contributed by atoms with Crippen molar-refractivity contribution in [1.29, 1.82) is 0 Å². The first-order valence-corrected chi connectivity index (χ1v) is 9.90. The van der Waals surface area contributed by atoms with E-state index in [1.54, 1.807) is 25.4 Å². The average Bonchev–Trinajstić information content (AvgIpc) is 3.30. The van der Waals surface area contributed by atoms with Gasteiger partial charge in [0, 0.05) is 19.2 Å². The van der Waals surface area contributed by atoms with Crippen molar-refractivity contribution in [2.75, 3.05) is 27.8 Å². The Balaban J connectivity index is 1.68. The zero-order valence-corrected chi connectivity index (χ0v) is 17.9. The number of rotatable bonds is 9. The fourth-order valence-corrected chi connectivity index (χ4v) is 3.46. The van der Waals surface area contributed by atoms with Gasteiger partial charge in [-0.1, -0.05) is 30.3 Å². The summed E-state index contributed by atoms with van der Waals surface area (Å²) in [6.07, 6.45) is 1.66. The van der Waals surface area contributed by atoms with Crippen LogP contribution in [0.5, 0.6) is 11.5 Å². The van der Waals surface area contributed by atoms with Crippen molar-refractivity contribution in [2.45, 2.75) is 19.5 Å². The highest BCUT2D eigenvalue weighted by Gasteiger charge is 2.23. The van der Waals surface area contributed by atoms with E-state index < -0.39 is 0 Å². The van der Waals surface area contributed by atoms with Crippen LogP contribution in [-0.2, 0) is 11.3 Å². The summed E-state index contributed by atoms with van der Waals surface area (Å²) in [5, 5.41) is 2.01. The normalized spacial score (nSPS) is 11.7. The molecule has 2 N–H and O–H groups in total. The molecule has 0 saturated heterocycles. The molecule has 0 bridgehead atoms. The predicted octanol–water partition coefficient (Wildman–Crippen LogP) is 2.92. The number of ether oxygens (including phenoxy) is 2. The van der Waals surface area contributed by atoms with Crippen molar-refractivity contribution in [3.05, 3.63) is 83.3 Å². The van der Waals surface area contributed by atoms with Gasteiger partial charge in [0.1, 0.15) is 0 Å². The van der Waals surface area contributed by atoms with Gasteiger partial charge in [0.25, 0.3) is 5.91 Å². The summed E-state index contributed by atoms with van der Waals surface area (Å²) in [6.45, 7) is 2.81. The second-order valence-electron chi connectivity index (χ2n) is 7.23. The number of nitrogens with zero attached hydrogens (tertiary/aromatic N) is 1. The van der Waals surface area contributed by atoms with Gasteiger partial charge < -0.3 is 24.1 Å². The number of hydrogen-bond acceptors (Lipinski definition) is 4. The van der Waals surface area contributed by atoms with Crippen LogP contribution in [0.1, 0.15) is 28.5 Å². The van der Waals surface area contributed by atoms with E-state index in [1.165, 1.54) is 0 Å². The number of carbonyl (C=O) groups excluding carboxylic acids is 1. The molecule has 1 heterocycles. The summed E-state index contributed by atoms with van der Waals surface area (Å²) in [4.78, 5) is 14.6. The van der Waals surface area contributed by atoms with Crippen molar-refractivity contribution in [3.63, 3.8) is 0 Å². The topological polar surface area (TPSA) is 68.5 Å². The van der Waals surface area contributed by atoms with Crippen molar-refractivity contribution in [1.82, 2.24) is 4.90 Å². The van der Waals surface area contributed by atoms with Crippen LogP contribution in [0.15, 0.2) is 65.3 Å². The maximum atomic E-state index is 12.8. The molecule has 0 spiro atoms. The van der Waals surface area contributed by atoms with E-state index in [1.807, 2.05) is 73.9 Å². The van der Waals surface area contributed by atoms with Crippen LogP contribution in [0.25, 0.3) is 0 Å². The average molecular weight is 410 g/mol. The van der Waals surface area contributed by atoms with E-state index in [9.17, 15) is 4.79 Å². The van der Waals surface area contributed by atoms with E-state index in [2.05, 4.69) is 0 Å². The van der Waals surface area contributed by atoms with Crippen LogP contribution in [-0.4, -0.2) is 38.6 Å². The lowest BCUT2D eigenvalue weighted by atomic mass is 10.0. The second-order valence-corrected chi connectivity index (χ2v) is 7.23. The number of amides is 1. The lowest BCUT2D eigenvalue weighted by Crippen LogP contribution is -2.87. The molecule has 0 radical (unpaired) electrons. The maximum absolute atomic E-state index is 12.8. The number of nitrogens with two attached hydrogens (primary N) is 1. The Hall–Kier alpha value is -3.25. The Morgan fingerprint density at radius 3 is 2.40 bits per heavy atom. The van der Waals surface area contributed by atoms with E-state index in [0.717, 1.165) is 22.5 Å². The molecule has 0 aliphatic carbocycles. The fourth-order valence-electron chi connectivity index (χ4n) is 3.46. The first-order valence-electron chi connectivity index (χ1n) is 9.90. The van der Waals surface area contributed by atoms with Gasteiger partial charge in [-0.15, -0.1) is 0 Å². The summed E-state index contributed by atoms with van der Waals surface area (Å²) in [7, 11) is 5.04. The third-order valence-corrected chi connectivity index (χ3v) is 5.21. The number of quaternary nitrogens is 1. The number of methoxy groups -OCH3 is 2. The molecule has 0 aliphatic heterocycles. The van der Waals surface area contributed by atoms with E-state index >= 15 is 0 Å². The zero-order valence-electron chi connectivity index (χ0n) is 17.9. The molecule has 3 rings (SSSR count). The highest BCUT2D eigenvalue weighted by molar-refractivity contribution is 5.76. The smallest absolute Gasteiger partial charge is 0.277 e. The second kappa shape index (κ2) is 9.98. The van der Waals surface area contributed by atoms with Gasteiger partial charge in [-0.25, -0.2) is 0 Å². The van der Waals surface area contributed by atoms with Crippen LogP contribution >= 0.6 is 0 Å². The lowest BCUT2D eigenvalue weighted by Gasteiger charge is -2.21. The standard InChI is InChI=1S/C24H28N2O4/c1-17-13-21(28-3)22(29-4)14-19(17)16-26(2)23(27)15-25-24(20-11-8-12-30-20)18-9-6-5-7-10-18/h5-14,24-25H,15-16H2,1-4H3/p+1/t24-/m0/s1. The Kier molecular flexibility index (Phi) is 7.14. The molecular formula is C24H29N2O4+. The first kappa shape index (κ1) is 21.5. The Labute approximate surface area is 177 Å². The van der Waals surface area contributed by atoms with Gasteiger partial charge in [0.05, 0.1) is 20.5 Å². The number of aryl methyl sites for hydroxylation is 1. The zero-order chi connectivity index (χ0) is 21.5. The van der Waals surface area contributed by atoms with Gasteiger partial charge in [0.2, 0.25) is 0 Å². The van der Waals surface area contributed by atoms with Crippen LogP contribution in [0.4, 0.5) is 0 Å². The van der Waals surface area contributed by atoms with Gasteiger partial charge in [-0.3, -0.25) is 4.79 Å². The van der Waals surface area contributed by atoms with E-state index in [4.69, 9.17) is 13.9 Å². The molecule has 6 heteroatoms. The summed E-state index contributed by atoms with van der Waals surface area (Å²) in [6, 6.07) is 17.7. The number of hydrogen-bond donors (Lipinski definition) is 1.